The van der Waals surface area contributed by atoms with Crippen LogP contribution < -0.4 is 16.8 Å². The minimum atomic E-state index is -0.525. The molecule has 4 nitrogen and oxygen atoms in total. The molecular weight excluding hydrogens is 282 g/mol. The second-order valence-corrected chi connectivity index (χ2v) is 6.57. The van der Waals surface area contributed by atoms with Crippen molar-refractivity contribution < 1.29 is 4.79 Å². The van der Waals surface area contributed by atoms with Crippen molar-refractivity contribution in [3.05, 3.63) is 22.7 Å². The summed E-state index contributed by atoms with van der Waals surface area (Å²) in [4.78, 5) is 11.5. The maximum atomic E-state index is 11.5. The van der Waals surface area contributed by atoms with Gasteiger partial charge < -0.3 is 16.8 Å². The number of hydrogen-bond donors (Lipinski definition) is 3. The molecule has 1 aromatic rings. The lowest BCUT2D eigenvalue weighted by Gasteiger charge is -2.41. The summed E-state index contributed by atoms with van der Waals surface area (Å²) in [6, 6.07) is 3.19. The first-order valence-corrected chi connectivity index (χ1v) is 7.75. The highest BCUT2D eigenvalue weighted by Gasteiger charge is 2.36. The summed E-state index contributed by atoms with van der Waals surface area (Å²) in [7, 11) is 0. The van der Waals surface area contributed by atoms with Crippen LogP contribution in [0.3, 0.4) is 0 Å². The van der Waals surface area contributed by atoms with Gasteiger partial charge in [0.1, 0.15) is 0 Å². The molecule has 0 radical (unpaired) electrons. The lowest BCUT2D eigenvalue weighted by molar-refractivity contribution is 0.100. The molecule has 1 aliphatic rings. The molecule has 19 heavy (non-hydrogen) atoms. The van der Waals surface area contributed by atoms with Gasteiger partial charge in [0.15, 0.2) is 0 Å². The van der Waals surface area contributed by atoms with E-state index in [-0.39, 0.29) is 4.75 Å². The number of carbonyl (C=O) groups excluding carboxylic acids is 1. The number of nitrogens with one attached hydrogen (secondary N) is 1. The van der Waals surface area contributed by atoms with E-state index in [1.54, 1.807) is 12.1 Å². The minimum absolute atomic E-state index is 0.250. The number of hydrogen-bond acceptors (Lipinski definition) is 4. The van der Waals surface area contributed by atoms with Gasteiger partial charge in [-0.25, -0.2) is 0 Å². The zero-order valence-electron chi connectivity index (χ0n) is 10.8. The van der Waals surface area contributed by atoms with Crippen LogP contribution in [0, 0.1) is 0 Å². The first-order chi connectivity index (χ1) is 8.97. The third-order valence-corrected chi connectivity index (χ3v) is 5.38. The Bertz CT molecular complexity index is 497. The summed E-state index contributed by atoms with van der Waals surface area (Å²) in [5.74, 6) is -0.525. The van der Waals surface area contributed by atoms with Crippen LogP contribution in [-0.2, 0) is 0 Å². The van der Waals surface area contributed by atoms with Crippen molar-refractivity contribution in [3.63, 3.8) is 0 Å². The molecule has 1 amide bonds. The van der Waals surface area contributed by atoms with E-state index in [0.29, 0.717) is 22.0 Å². The fourth-order valence-corrected chi connectivity index (χ4v) is 3.48. The van der Waals surface area contributed by atoms with Gasteiger partial charge >= 0.3 is 0 Å². The third kappa shape index (κ3) is 2.92. The number of carbonyl (C=O) groups is 1. The molecule has 0 aromatic heterocycles. The van der Waals surface area contributed by atoms with E-state index in [9.17, 15) is 4.79 Å². The summed E-state index contributed by atoms with van der Waals surface area (Å²) in [5, 5.41) is 3.71. The molecule has 0 bridgehead atoms. The van der Waals surface area contributed by atoms with Crippen molar-refractivity contribution in [1.29, 1.82) is 0 Å². The number of thioether (sulfide) groups is 1. The molecule has 0 unspecified atom stereocenters. The summed E-state index contributed by atoms with van der Waals surface area (Å²) in [6.07, 6.45) is 5.72. The largest absolute Gasteiger partial charge is 0.399 e. The van der Waals surface area contributed by atoms with Crippen LogP contribution in [0.1, 0.15) is 29.6 Å². The number of anilines is 2. The van der Waals surface area contributed by atoms with Gasteiger partial charge in [0.05, 0.1) is 16.3 Å². The summed E-state index contributed by atoms with van der Waals surface area (Å²) >= 11 is 8.01. The van der Waals surface area contributed by atoms with E-state index < -0.39 is 5.91 Å². The van der Waals surface area contributed by atoms with Gasteiger partial charge in [-0.1, -0.05) is 18.0 Å². The average Bonchev–Trinajstić information content (AvgIpc) is 2.29. The lowest BCUT2D eigenvalue weighted by atomic mass is 9.84. The van der Waals surface area contributed by atoms with Gasteiger partial charge in [0, 0.05) is 17.0 Å². The van der Waals surface area contributed by atoms with Crippen LogP contribution >= 0.6 is 23.4 Å². The highest BCUT2D eigenvalue weighted by atomic mass is 35.5. The average molecular weight is 300 g/mol. The quantitative estimate of drug-likeness (QED) is 0.730. The molecular formula is C13H18ClN3OS. The molecule has 1 fully saturated rings. The van der Waals surface area contributed by atoms with Gasteiger partial charge in [0.25, 0.3) is 5.91 Å². The molecule has 0 heterocycles. The van der Waals surface area contributed by atoms with Crippen molar-refractivity contribution >= 4 is 40.6 Å². The van der Waals surface area contributed by atoms with Gasteiger partial charge in [-0.05, 0) is 31.2 Å². The maximum Gasteiger partial charge on any atom is 0.250 e. The molecule has 104 valence electrons. The Hall–Kier alpha value is -1.07. The van der Waals surface area contributed by atoms with E-state index in [1.807, 2.05) is 11.8 Å². The van der Waals surface area contributed by atoms with Crippen LogP contribution in [-0.4, -0.2) is 23.5 Å². The zero-order chi connectivity index (χ0) is 14.0. The van der Waals surface area contributed by atoms with Crippen molar-refractivity contribution in [1.82, 2.24) is 0 Å². The molecule has 6 heteroatoms. The Labute approximate surface area is 122 Å². The van der Waals surface area contributed by atoms with E-state index in [0.717, 1.165) is 6.54 Å². The lowest BCUT2D eigenvalue weighted by Crippen LogP contribution is -2.40. The summed E-state index contributed by atoms with van der Waals surface area (Å²) in [6.45, 7) is 0.776. The number of halogens is 1. The molecule has 5 N–H and O–H groups in total. The van der Waals surface area contributed by atoms with Crippen LogP contribution in [0.15, 0.2) is 12.1 Å². The Balaban J connectivity index is 2.22. The Morgan fingerprint density at radius 3 is 2.68 bits per heavy atom. The Kier molecular flexibility index (Phi) is 4.16. The van der Waals surface area contributed by atoms with E-state index >= 15 is 0 Å². The standard InChI is InChI=1S/C13H18ClN3OS/c1-19-13(3-2-4-13)7-17-11-9(12(16)18)5-8(15)6-10(11)14/h5-6,17H,2-4,7,15H2,1H3,(H2,16,18). The number of nitrogen functional groups attached to an aromatic ring is 1. The Morgan fingerprint density at radius 1 is 1.53 bits per heavy atom. The zero-order valence-corrected chi connectivity index (χ0v) is 12.4. The molecule has 0 aliphatic heterocycles. The number of rotatable bonds is 5. The van der Waals surface area contributed by atoms with E-state index in [1.165, 1.54) is 19.3 Å². The number of amides is 1. The minimum Gasteiger partial charge on any atom is -0.399 e. The number of benzene rings is 1. The fraction of sp³-hybridized carbons (Fsp3) is 0.462. The normalized spacial score (nSPS) is 16.7. The summed E-state index contributed by atoms with van der Waals surface area (Å²) < 4.78 is 0.250. The molecule has 1 saturated carbocycles. The highest BCUT2D eigenvalue weighted by Crippen LogP contribution is 2.43. The first kappa shape index (κ1) is 14.3. The predicted octanol–water partition coefficient (Wildman–Crippen LogP) is 2.72. The number of primary amides is 1. The third-order valence-electron chi connectivity index (χ3n) is 3.66. The van der Waals surface area contributed by atoms with Crippen molar-refractivity contribution in [2.75, 3.05) is 23.9 Å². The maximum absolute atomic E-state index is 11.5. The van der Waals surface area contributed by atoms with E-state index in [2.05, 4.69) is 11.6 Å². The number of nitrogens with two attached hydrogens (primary N) is 2. The smallest absolute Gasteiger partial charge is 0.250 e. The van der Waals surface area contributed by atoms with Crippen LogP contribution in [0.2, 0.25) is 5.02 Å². The van der Waals surface area contributed by atoms with Gasteiger partial charge in [-0.3, -0.25) is 4.79 Å². The van der Waals surface area contributed by atoms with Crippen molar-refractivity contribution in [2.45, 2.75) is 24.0 Å². The SMILES string of the molecule is CSC1(CNc2c(Cl)cc(N)cc2C(N)=O)CCC1. The summed E-state index contributed by atoms with van der Waals surface area (Å²) in [5.41, 5.74) is 12.4. The van der Waals surface area contributed by atoms with Gasteiger partial charge in [-0.2, -0.15) is 11.8 Å². The molecule has 2 rings (SSSR count). The monoisotopic (exact) mass is 299 g/mol. The second-order valence-electron chi connectivity index (χ2n) is 4.88. The fourth-order valence-electron chi connectivity index (χ4n) is 2.28. The predicted molar refractivity (Wildman–Crippen MR) is 83.0 cm³/mol. The molecule has 1 aliphatic carbocycles. The highest BCUT2D eigenvalue weighted by molar-refractivity contribution is 8.00. The van der Waals surface area contributed by atoms with Gasteiger partial charge in [0.2, 0.25) is 0 Å². The molecule has 1 aromatic carbocycles. The molecule has 0 atom stereocenters. The second kappa shape index (κ2) is 5.51. The van der Waals surface area contributed by atoms with Crippen molar-refractivity contribution in [3.8, 4) is 0 Å². The van der Waals surface area contributed by atoms with Crippen LogP contribution in [0.25, 0.3) is 0 Å². The van der Waals surface area contributed by atoms with Gasteiger partial charge in [-0.15, -0.1) is 0 Å². The molecule has 0 spiro atoms. The topological polar surface area (TPSA) is 81.1 Å². The van der Waals surface area contributed by atoms with Crippen molar-refractivity contribution in [2.24, 2.45) is 5.73 Å². The Morgan fingerprint density at radius 2 is 2.21 bits per heavy atom. The van der Waals surface area contributed by atoms with Crippen LogP contribution in [0.5, 0.6) is 0 Å². The van der Waals surface area contributed by atoms with E-state index in [4.69, 9.17) is 23.1 Å². The van der Waals surface area contributed by atoms with Crippen LogP contribution in [0.4, 0.5) is 11.4 Å². The first-order valence-electron chi connectivity index (χ1n) is 6.15. The molecule has 0 saturated heterocycles.